The molecule has 0 aliphatic carbocycles. The highest BCUT2D eigenvalue weighted by atomic mass is 16.6. The first-order valence-corrected chi connectivity index (χ1v) is 6.64. The minimum Gasteiger partial charge on any atom is -0.443 e. The van der Waals surface area contributed by atoms with Crippen LogP contribution in [0, 0.1) is 0 Å². The third kappa shape index (κ3) is 5.14. The second-order valence-corrected chi connectivity index (χ2v) is 5.42. The number of ether oxygens (including phenoxy) is 1. The Hall–Kier alpha value is -1.66. The molecule has 0 aromatic carbocycles. The van der Waals surface area contributed by atoms with Gasteiger partial charge in [-0.1, -0.05) is 0 Å². The number of pyridine rings is 1. The molecule has 0 unspecified atom stereocenters. The maximum atomic E-state index is 12.2. The molecule has 6 heteroatoms. The molecule has 1 heterocycles. The normalized spacial score (nSPS) is 11.2. The average molecular weight is 281 g/mol. The molecule has 0 fully saturated rings. The summed E-state index contributed by atoms with van der Waals surface area (Å²) >= 11 is 0. The largest absolute Gasteiger partial charge is 0.443 e. The van der Waals surface area contributed by atoms with E-state index in [1.54, 1.807) is 18.3 Å². The van der Waals surface area contributed by atoms with Crippen molar-refractivity contribution in [1.29, 1.82) is 0 Å². The van der Waals surface area contributed by atoms with Crippen molar-refractivity contribution >= 4 is 11.8 Å². The molecule has 20 heavy (non-hydrogen) atoms. The number of nitrogens with two attached hydrogens (primary N) is 1. The summed E-state index contributed by atoms with van der Waals surface area (Å²) < 4.78 is 5.36. The predicted molar refractivity (Wildman–Crippen MR) is 77.4 cm³/mol. The molecule has 112 valence electrons. The number of carbonyl (C=O) groups excluding carboxylic acids is 1. The van der Waals surface area contributed by atoms with Gasteiger partial charge in [0.2, 0.25) is 0 Å². The molecule has 0 aliphatic rings. The Kier molecular flexibility index (Phi) is 5.91. The van der Waals surface area contributed by atoms with Crippen LogP contribution in [0.2, 0.25) is 0 Å². The van der Waals surface area contributed by atoms with E-state index < -0.39 is 11.7 Å². The summed E-state index contributed by atoms with van der Waals surface area (Å²) in [7, 11) is 0. The van der Waals surface area contributed by atoms with Crippen LogP contribution in [-0.2, 0) is 11.3 Å². The molecule has 1 amide bonds. The monoisotopic (exact) mass is 281 g/mol. The van der Waals surface area contributed by atoms with Gasteiger partial charge in [-0.05, 0) is 39.3 Å². The number of nitrogens with zero attached hydrogens (tertiary/aromatic N) is 2. The number of aliphatic hydroxyl groups is 1. The van der Waals surface area contributed by atoms with E-state index in [1.165, 1.54) is 4.90 Å². The van der Waals surface area contributed by atoms with Gasteiger partial charge in [-0.2, -0.15) is 0 Å². The standard InChI is InChI=1S/C14H23N3O3/c1-14(2,3)20-13(19)17(7-4-8-18)12-6-5-11(9-15)16-10-12/h5-6,10,18H,4,7-9,15H2,1-3H3. The van der Waals surface area contributed by atoms with Crippen LogP contribution in [0.15, 0.2) is 18.3 Å². The number of anilines is 1. The number of amides is 1. The van der Waals surface area contributed by atoms with Gasteiger partial charge < -0.3 is 15.6 Å². The molecule has 0 bridgehead atoms. The molecule has 0 saturated carbocycles. The number of hydrogen-bond acceptors (Lipinski definition) is 5. The second kappa shape index (κ2) is 7.21. The zero-order chi connectivity index (χ0) is 15.2. The van der Waals surface area contributed by atoms with Crippen LogP contribution in [0.5, 0.6) is 0 Å². The van der Waals surface area contributed by atoms with Gasteiger partial charge in [0.05, 0.1) is 17.6 Å². The van der Waals surface area contributed by atoms with Crippen LogP contribution in [-0.4, -0.2) is 34.9 Å². The summed E-state index contributed by atoms with van der Waals surface area (Å²) in [5.74, 6) is 0. The summed E-state index contributed by atoms with van der Waals surface area (Å²) in [6, 6.07) is 3.54. The summed E-state index contributed by atoms with van der Waals surface area (Å²) in [4.78, 5) is 17.8. The lowest BCUT2D eigenvalue weighted by Crippen LogP contribution is -2.37. The maximum Gasteiger partial charge on any atom is 0.414 e. The van der Waals surface area contributed by atoms with Crippen molar-refractivity contribution in [2.24, 2.45) is 5.73 Å². The molecular formula is C14H23N3O3. The number of aliphatic hydroxyl groups excluding tert-OH is 1. The minimum absolute atomic E-state index is 0.00755. The van der Waals surface area contributed by atoms with Gasteiger partial charge >= 0.3 is 6.09 Å². The Balaban J connectivity index is 2.89. The molecule has 0 aliphatic heterocycles. The van der Waals surface area contributed by atoms with E-state index in [-0.39, 0.29) is 6.61 Å². The third-order valence-electron chi connectivity index (χ3n) is 2.48. The Morgan fingerprint density at radius 2 is 2.15 bits per heavy atom. The first-order valence-electron chi connectivity index (χ1n) is 6.64. The lowest BCUT2D eigenvalue weighted by Gasteiger charge is -2.27. The molecule has 1 aromatic rings. The van der Waals surface area contributed by atoms with Crippen molar-refractivity contribution in [3.63, 3.8) is 0 Å². The first kappa shape index (κ1) is 16.4. The topological polar surface area (TPSA) is 88.7 Å². The van der Waals surface area contributed by atoms with Crippen LogP contribution >= 0.6 is 0 Å². The van der Waals surface area contributed by atoms with Crippen LogP contribution < -0.4 is 10.6 Å². The summed E-state index contributed by atoms with van der Waals surface area (Å²) in [6.07, 6.45) is 1.61. The molecule has 0 saturated heterocycles. The second-order valence-electron chi connectivity index (χ2n) is 5.42. The van der Waals surface area contributed by atoms with Crippen molar-refractivity contribution in [1.82, 2.24) is 4.98 Å². The van der Waals surface area contributed by atoms with E-state index in [1.807, 2.05) is 20.8 Å². The van der Waals surface area contributed by atoms with E-state index in [0.29, 0.717) is 25.2 Å². The number of aromatic nitrogens is 1. The van der Waals surface area contributed by atoms with E-state index in [0.717, 1.165) is 5.69 Å². The fraction of sp³-hybridized carbons (Fsp3) is 0.571. The Morgan fingerprint density at radius 3 is 2.60 bits per heavy atom. The van der Waals surface area contributed by atoms with Gasteiger partial charge in [-0.3, -0.25) is 9.88 Å². The van der Waals surface area contributed by atoms with Gasteiger partial charge in [-0.15, -0.1) is 0 Å². The zero-order valence-corrected chi connectivity index (χ0v) is 12.3. The fourth-order valence-corrected chi connectivity index (χ4v) is 1.57. The van der Waals surface area contributed by atoms with Gasteiger partial charge in [0, 0.05) is 19.7 Å². The predicted octanol–water partition coefficient (Wildman–Crippen LogP) is 1.66. The van der Waals surface area contributed by atoms with E-state index in [2.05, 4.69) is 4.98 Å². The maximum absolute atomic E-state index is 12.2. The van der Waals surface area contributed by atoms with E-state index >= 15 is 0 Å². The van der Waals surface area contributed by atoms with Crippen LogP contribution in [0.25, 0.3) is 0 Å². The lowest BCUT2D eigenvalue weighted by atomic mass is 10.2. The highest BCUT2D eigenvalue weighted by Crippen LogP contribution is 2.18. The molecule has 0 radical (unpaired) electrons. The highest BCUT2D eigenvalue weighted by Gasteiger charge is 2.23. The van der Waals surface area contributed by atoms with E-state index in [4.69, 9.17) is 15.6 Å². The summed E-state index contributed by atoms with van der Waals surface area (Å²) in [5, 5.41) is 8.95. The van der Waals surface area contributed by atoms with Crippen molar-refractivity contribution in [2.75, 3.05) is 18.1 Å². The molecular weight excluding hydrogens is 258 g/mol. The summed E-state index contributed by atoms with van der Waals surface area (Å²) in [5.41, 5.74) is 6.31. The SMILES string of the molecule is CC(C)(C)OC(=O)N(CCCO)c1ccc(CN)nc1. The van der Waals surface area contributed by atoms with Crippen molar-refractivity contribution < 1.29 is 14.6 Å². The number of rotatable bonds is 5. The minimum atomic E-state index is -0.570. The Bertz CT molecular complexity index is 426. The molecule has 0 atom stereocenters. The van der Waals surface area contributed by atoms with Crippen LogP contribution in [0.4, 0.5) is 10.5 Å². The fourth-order valence-electron chi connectivity index (χ4n) is 1.57. The highest BCUT2D eigenvalue weighted by molar-refractivity contribution is 5.87. The van der Waals surface area contributed by atoms with Gasteiger partial charge in [0.25, 0.3) is 0 Å². The first-order chi connectivity index (χ1) is 9.37. The average Bonchev–Trinajstić information content (AvgIpc) is 2.38. The third-order valence-corrected chi connectivity index (χ3v) is 2.48. The smallest absolute Gasteiger partial charge is 0.414 e. The van der Waals surface area contributed by atoms with Gasteiger partial charge in [0.1, 0.15) is 5.60 Å². The van der Waals surface area contributed by atoms with E-state index in [9.17, 15) is 4.79 Å². The lowest BCUT2D eigenvalue weighted by molar-refractivity contribution is 0.0578. The number of hydrogen-bond donors (Lipinski definition) is 2. The zero-order valence-electron chi connectivity index (χ0n) is 12.3. The summed E-state index contributed by atoms with van der Waals surface area (Å²) in [6.45, 7) is 6.16. The molecule has 1 rings (SSSR count). The van der Waals surface area contributed by atoms with Crippen LogP contribution in [0.3, 0.4) is 0 Å². The quantitative estimate of drug-likeness (QED) is 0.857. The van der Waals surface area contributed by atoms with Gasteiger partial charge in [-0.25, -0.2) is 4.79 Å². The molecule has 3 N–H and O–H groups in total. The van der Waals surface area contributed by atoms with Crippen molar-refractivity contribution in [2.45, 2.75) is 39.3 Å². The Labute approximate surface area is 119 Å². The molecule has 1 aromatic heterocycles. The van der Waals surface area contributed by atoms with Gasteiger partial charge in [0.15, 0.2) is 0 Å². The molecule has 0 spiro atoms. The van der Waals surface area contributed by atoms with Crippen LogP contribution in [0.1, 0.15) is 32.9 Å². The molecule has 6 nitrogen and oxygen atoms in total. The Morgan fingerprint density at radius 1 is 1.45 bits per heavy atom. The number of carbonyl (C=O) groups is 1. The van der Waals surface area contributed by atoms with Crippen molar-refractivity contribution in [3.8, 4) is 0 Å². The van der Waals surface area contributed by atoms with Crippen molar-refractivity contribution in [3.05, 3.63) is 24.0 Å².